The summed E-state index contributed by atoms with van der Waals surface area (Å²) in [6, 6.07) is 8.72. The molecule has 3 aliphatic heterocycles. The van der Waals surface area contributed by atoms with Crippen LogP contribution in [0.1, 0.15) is 94.2 Å². The van der Waals surface area contributed by atoms with Crippen LogP contribution in [0.5, 0.6) is 0 Å². The number of aromatic nitrogens is 5. The third kappa shape index (κ3) is 7.41. The topological polar surface area (TPSA) is 177 Å². The minimum Gasteiger partial charge on any atom is -0.351 e. The van der Waals surface area contributed by atoms with Crippen molar-refractivity contribution in [1.82, 2.24) is 42.5 Å². The van der Waals surface area contributed by atoms with E-state index >= 15 is 0 Å². The Morgan fingerprint density at radius 3 is 2.39 bits per heavy atom. The van der Waals surface area contributed by atoms with Crippen molar-refractivity contribution in [1.29, 1.82) is 0 Å². The average Bonchev–Trinajstić information content (AvgIpc) is 3.81. The van der Waals surface area contributed by atoms with Gasteiger partial charge in [-0.05, 0) is 94.6 Å². The summed E-state index contributed by atoms with van der Waals surface area (Å²) in [5, 5.41) is 6.62. The second-order valence-electron chi connectivity index (χ2n) is 16.0. The van der Waals surface area contributed by atoms with E-state index in [0.29, 0.717) is 62.4 Å². The standard InChI is InChI=1S/C39H52N10O6S/c1-44(56(54,55)47-23-17-28(18-24-47)41-38-40-25-27-11-14-34(51)48(36(27)43-38)29-7-3-4-8-29)19-6-20-46-21-15-26(16-22-46)30-9-5-10-31-35(30)45(2)39(53)49(31)32-12-13-33(50)42-37(32)52/h5,9-11,14,25-26,28-29,32H,3-4,6-8,12-13,15-24H2,1-2H3,(H,40,41,43)(H,42,50,52). The van der Waals surface area contributed by atoms with Gasteiger partial charge in [0.2, 0.25) is 17.8 Å². The summed E-state index contributed by atoms with van der Waals surface area (Å²) < 4.78 is 35.2. The number of hydrogen-bond acceptors (Lipinski definition) is 10. The van der Waals surface area contributed by atoms with Crippen LogP contribution in [0.3, 0.4) is 0 Å². The number of imidazole rings is 1. The van der Waals surface area contributed by atoms with Crippen molar-refractivity contribution in [2.45, 2.75) is 94.7 Å². The number of benzene rings is 1. The first-order chi connectivity index (χ1) is 27.0. The number of hydrogen-bond donors (Lipinski definition) is 2. The van der Waals surface area contributed by atoms with Crippen LogP contribution in [-0.2, 0) is 26.8 Å². The molecule has 1 unspecified atom stereocenters. The third-order valence-corrected chi connectivity index (χ3v) is 14.5. The molecule has 3 aromatic heterocycles. The molecule has 1 saturated carbocycles. The van der Waals surface area contributed by atoms with Crippen molar-refractivity contribution in [2.75, 3.05) is 51.6 Å². The lowest BCUT2D eigenvalue weighted by Crippen LogP contribution is -2.48. The van der Waals surface area contributed by atoms with Gasteiger partial charge in [0, 0.05) is 69.9 Å². The molecule has 2 N–H and O–H groups in total. The molecule has 300 valence electrons. The van der Waals surface area contributed by atoms with E-state index in [-0.39, 0.29) is 41.6 Å². The van der Waals surface area contributed by atoms with E-state index in [1.54, 1.807) is 41.3 Å². The summed E-state index contributed by atoms with van der Waals surface area (Å²) in [6.45, 7) is 3.72. The molecule has 16 nitrogen and oxygen atoms in total. The maximum absolute atomic E-state index is 13.6. The van der Waals surface area contributed by atoms with Crippen LogP contribution in [-0.4, -0.2) is 110 Å². The molecule has 0 spiro atoms. The molecule has 2 amide bonds. The highest BCUT2D eigenvalue weighted by Crippen LogP contribution is 2.35. The van der Waals surface area contributed by atoms with Gasteiger partial charge < -0.3 is 10.2 Å². The number of amides is 2. The van der Waals surface area contributed by atoms with Crippen LogP contribution in [0.25, 0.3) is 22.1 Å². The number of nitrogens with one attached hydrogen (secondary N) is 2. The molecule has 0 radical (unpaired) electrons. The van der Waals surface area contributed by atoms with Crippen LogP contribution >= 0.6 is 0 Å². The maximum atomic E-state index is 13.6. The summed E-state index contributed by atoms with van der Waals surface area (Å²) >= 11 is 0. The van der Waals surface area contributed by atoms with Crippen molar-refractivity contribution >= 4 is 50.0 Å². The van der Waals surface area contributed by atoms with Gasteiger partial charge in [0.15, 0.2) is 0 Å². The van der Waals surface area contributed by atoms with E-state index in [9.17, 15) is 27.6 Å². The highest BCUT2D eigenvalue weighted by atomic mass is 32.2. The largest absolute Gasteiger partial charge is 0.351 e. The molecule has 4 fully saturated rings. The Morgan fingerprint density at radius 2 is 1.66 bits per heavy atom. The highest BCUT2D eigenvalue weighted by molar-refractivity contribution is 7.86. The number of fused-ring (bicyclic) bond motifs is 2. The number of rotatable bonds is 11. The van der Waals surface area contributed by atoms with Gasteiger partial charge in [-0.1, -0.05) is 25.0 Å². The average molecular weight is 789 g/mol. The molecule has 3 saturated heterocycles. The number of anilines is 1. The van der Waals surface area contributed by atoms with Gasteiger partial charge in [-0.3, -0.25) is 33.4 Å². The van der Waals surface area contributed by atoms with Gasteiger partial charge in [0.25, 0.3) is 15.8 Å². The smallest absolute Gasteiger partial charge is 0.329 e. The third-order valence-electron chi connectivity index (χ3n) is 12.5. The SMILES string of the molecule is CN(CCCN1CCC(c2cccc3c2n(C)c(=O)n3C2CCC(=O)NC2=O)CC1)S(=O)(=O)N1CCC(Nc2ncc3ccc(=O)n(C4CCCC4)c3n2)CC1. The fourth-order valence-electron chi connectivity index (χ4n) is 9.36. The van der Waals surface area contributed by atoms with Crippen molar-refractivity contribution in [3.8, 4) is 0 Å². The minimum atomic E-state index is -3.62. The second-order valence-corrected chi connectivity index (χ2v) is 18.0. The van der Waals surface area contributed by atoms with Gasteiger partial charge >= 0.3 is 5.69 Å². The van der Waals surface area contributed by atoms with Crippen LogP contribution in [0.2, 0.25) is 0 Å². The van der Waals surface area contributed by atoms with E-state index in [4.69, 9.17) is 4.98 Å². The zero-order valence-corrected chi connectivity index (χ0v) is 33.0. The first-order valence-corrected chi connectivity index (χ1v) is 21.5. The van der Waals surface area contributed by atoms with E-state index < -0.39 is 22.2 Å². The summed E-state index contributed by atoms with van der Waals surface area (Å²) in [5.41, 5.74) is 2.99. The number of carbonyl (C=O) groups excluding carboxylic acids is 2. The Hall–Kier alpha value is -4.45. The minimum absolute atomic E-state index is 0.0182. The van der Waals surface area contributed by atoms with Gasteiger partial charge in [-0.2, -0.15) is 22.0 Å². The Kier molecular flexibility index (Phi) is 10.9. The number of likely N-dealkylation sites (tertiary alicyclic amines) is 1. The number of pyridine rings is 1. The Bertz CT molecular complexity index is 2350. The molecule has 1 atom stereocenters. The van der Waals surface area contributed by atoms with Gasteiger partial charge in [-0.25, -0.2) is 9.78 Å². The predicted octanol–water partition coefficient (Wildman–Crippen LogP) is 2.86. The molecule has 1 aromatic carbocycles. The quantitative estimate of drug-likeness (QED) is 0.215. The van der Waals surface area contributed by atoms with Crippen LogP contribution in [0, 0.1) is 0 Å². The van der Waals surface area contributed by atoms with Crippen molar-refractivity contribution in [3.63, 3.8) is 0 Å². The number of aryl methyl sites for hydroxylation is 1. The number of piperidine rings is 3. The fourth-order valence-corrected chi connectivity index (χ4v) is 10.8. The Balaban J connectivity index is 0.818. The van der Waals surface area contributed by atoms with E-state index in [1.165, 1.54) is 8.87 Å². The van der Waals surface area contributed by atoms with Crippen LogP contribution in [0.4, 0.5) is 5.95 Å². The monoisotopic (exact) mass is 788 g/mol. The van der Waals surface area contributed by atoms with Crippen molar-refractivity contribution in [2.24, 2.45) is 7.05 Å². The zero-order chi connectivity index (χ0) is 39.1. The Morgan fingerprint density at radius 1 is 0.911 bits per heavy atom. The second kappa shape index (κ2) is 15.8. The van der Waals surface area contributed by atoms with Crippen LogP contribution < -0.4 is 21.9 Å². The lowest BCUT2D eigenvalue weighted by molar-refractivity contribution is -0.135. The van der Waals surface area contributed by atoms with E-state index in [1.807, 2.05) is 16.7 Å². The summed E-state index contributed by atoms with van der Waals surface area (Å²) in [7, 11) is -0.216. The summed E-state index contributed by atoms with van der Waals surface area (Å²) in [4.78, 5) is 62.3. The molecule has 56 heavy (non-hydrogen) atoms. The molecule has 17 heteroatoms. The van der Waals surface area contributed by atoms with Gasteiger partial charge in [0.1, 0.15) is 11.7 Å². The number of carbonyl (C=O) groups is 2. The summed E-state index contributed by atoms with van der Waals surface area (Å²) in [5.74, 6) is -0.0473. The molecular formula is C39H52N10O6S. The van der Waals surface area contributed by atoms with Crippen LogP contribution in [0.15, 0.2) is 46.1 Å². The lowest BCUT2D eigenvalue weighted by Gasteiger charge is -2.35. The molecule has 0 bridgehead atoms. The number of para-hydroxylation sites is 1. The predicted molar refractivity (Wildman–Crippen MR) is 213 cm³/mol. The molecular weight excluding hydrogens is 737 g/mol. The zero-order valence-electron chi connectivity index (χ0n) is 32.2. The Labute approximate surface area is 326 Å². The number of imide groups is 1. The highest BCUT2D eigenvalue weighted by Gasteiger charge is 2.34. The maximum Gasteiger partial charge on any atom is 0.329 e. The fraction of sp³-hybridized carbons (Fsp3) is 0.590. The van der Waals surface area contributed by atoms with E-state index in [0.717, 1.165) is 74.6 Å². The first kappa shape index (κ1) is 38.4. The van der Waals surface area contributed by atoms with Crippen molar-refractivity contribution in [3.05, 3.63) is 62.9 Å². The van der Waals surface area contributed by atoms with Gasteiger partial charge in [0.05, 0.1) is 11.0 Å². The lowest BCUT2D eigenvalue weighted by atomic mass is 9.88. The van der Waals surface area contributed by atoms with Gasteiger partial charge in [-0.15, -0.1) is 0 Å². The molecule has 4 aliphatic rings. The summed E-state index contributed by atoms with van der Waals surface area (Å²) in [6.07, 6.45) is 10.2. The molecule has 8 rings (SSSR count). The molecule has 1 aliphatic carbocycles. The van der Waals surface area contributed by atoms with Crippen molar-refractivity contribution < 1.29 is 18.0 Å². The first-order valence-electron chi connectivity index (χ1n) is 20.1. The number of nitrogens with zero attached hydrogens (tertiary/aromatic N) is 8. The molecule has 6 heterocycles. The van der Waals surface area contributed by atoms with E-state index in [2.05, 4.69) is 26.6 Å². The molecule has 4 aromatic rings. The normalized spacial score (nSPS) is 21.4.